The van der Waals surface area contributed by atoms with Gasteiger partial charge in [-0.3, -0.25) is 0 Å². The second kappa shape index (κ2) is 14.9. The first-order chi connectivity index (χ1) is 12.8. The summed E-state index contributed by atoms with van der Waals surface area (Å²) >= 11 is 3.44. The Bertz CT molecular complexity index is 484. The summed E-state index contributed by atoms with van der Waals surface area (Å²) in [5, 5.41) is 27.6. The molecule has 0 bridgehead atoms. The molecule has 0 amide bonds. The molecule has 0 spiro atoms. The molecule has 2 rings (SSSR count). The van der Waals surface area contributed by atoms with Crippen LogP contribution < -0.4 is 0 Å². The fourth-order valence-corrected chi connectivity index (χ4v) is 3.56. The van der Waals surface area contributed by atoms with Gasteiger partial charge in [0.05, 0.1) is 0 Å². The molecule has 26 heavy (non-hydrogen) atoms. The molecule has 0 saturated carbocycles. The van der Waals surface area contributed by atoms with Crippen molar-refractivity contribution >= 4 is 15.9 Å². The highest BCUT2D eigenvalue weighted by molar-refractivity contribution is 9.09. The van der Waals surface area contributed by atoms with Crippen LogP contribution >= 0.6 is 15.9 Å². The van der Waals surface area contributed by atoms with Crippen LogP contribution in [0.25, 0.3) is 0 Å². The molecular formula is C22H31BrO3. The maximum absolute atomic E-state index is 8.91. The molecule has 1 atom stereocenters. The van der Waals surface area contributed by atoms with E-state index in [0.717, 1.165) is 31.0 Å². The van der Waals surface area contributed by atoms with Crippen LogP contribution in [-0.2, 0) is 0 Å². The van der Waals surface area contributed by atoms with Crippen LogP contribution in [0.3, 0.4) is 0 Å². The zero-order chi connectivity index (χ0) is 19.0. The van der Waals surface area contributed by atoms with Crippen molar-refractivity contribution in [2.45, 2.75) is 37.5 Å². The standard InChI is InChI=1S/C11H15BrO.C11H16O2/c2*12-8-6-11(7-9-13)10-4-2-1-3-5-10/h1-5,11,13H,6-9H2;1-5,11-13H,6-9H2. The van der Waals surface area contributed by atoms with E-state index in [4.69, 9.17) is 15.3 Å². The van der Waals surface area contributed by atoms with Crippen LogP contribution in [0.4, 0.5) is 0 Å². The normalized spacial score (nSPS) is 11.7. The summed E-state index contributed by atoms with van der Waals surface area (Å²) in [6, 6.07) is 20.4. The molecule has 3 N–H and O–H groups in total. The van der Waals surface area contributed by atoms with Gasteiger partial charge in [-0.1, -0.05) is 76.6 Å². The molecule has 0 fully saturated rings. The minimum Gasteiger partial charge on any atom is -0.396 e. The predicted octanol–water partition coefficient (Wildman–Crippen LogP) is 4.47. The van der Waals surface area contributed by atoms with Crippen molar-refractivity contribution in [2.75, 3.05) is 25.2 Å². The van der Waals surface area contributed by atoms with Crippen molar-refractivity contribution in [2.24, 2.45) is 0 Å². The number of hydrogen-bond acceptors (Lipinski definition) is 3. The van der Waals surface area contributed by atoms with Crippen molar-refractivity contribution in [3.8, 4) is 0 Å². The highest BCUT2D eigenvalue weighted by atomic mass is 79.9. The molecule has 2 aromatic carbocycles. The third-order valence-corrected chi connectivity index (χ3v) is 4.89. The van der Waals surface area contributed by atoms with E-state index in [0.29, 0.717) is 5.92 Å². The second-order valence-corrected chi connectivity index (χ2v) is 7.02. The first-order valence-electron chi connectivity index (χ1n) is 9.25. The molecule has 0 aliphatic rings. The van der Waals surface area contributed by atoms with Crippen molar-refractivity contribution < 1.29 is 15.3 Å². The average Bonchev–Trinajstić information content (AvgIpc) is 2.69. The fraction of sp³-hybridized carbons (Fsp3) is 0.455. The van der Waals surface area contributed by atoms with Crippen molar-refractivity contribution in [1.82, 2.24) is 0 Å². The fourth-order valence-electron chi connectivity index (χ4n) is 3.00. The minimum absolute atomic E-state index is 0.180. The van der Waals surface area contributed by atoms with E-state index >= 15 is 0 Å². The van der Waals surface area contributed by atoms with Crippen LogP contribution in [0.5, 0.6) is 0 Å². The highest BCUT2D eigenvalue weighted by Crippen LogP contribution is 2.23. The molecule has 0 aliphatic heterocycles. The van der Waals surface area contributed by atoms with Crippen LogP contribution in [0.2, 0.25) is 0 Å². The molecule has 0 heterocycles. The minimum atomic E-state index is 0.180. The summed E-state index contributed by atoms with van der Waals surface area (Å²) in [7, 11) is 0. The van der Waals surface area contributed by atoms with Gasteiger partial charge in [0, 0.05) is 25.2 Å². The smallest absolute Gasteiger partial charge is 0.0436 e. The van der Waals surface area contributed by atoms with E-state index in [1.165, 1.54) is 11.1 Å². The molecule has 0 radical (unpaired) electrons. The quantitative estimate of drug-likeness (QED) is 0.494. The lowest BCUT2D eigenvalue weighted by Crippen LogP contribution is -2.03. The Morgan fingerprint density at radius 1 is 0.577 bits per heavy atom. The van der Waals surface area contributed by atoms with E-state index in [2.05, 4.69) is 28.1 Å². The van der Waals surface area contributed by atoms with Gasteiger partial charge < -0.3 is 15.3 Å². The molecular weight excluding hydrogens is 392 g/mol. The third kappa shape index (κ3) is 8.95. The van der Waals surface area contributed by atoms with Crippen molar-refractivity contribution in [1.29, 1.82) is 0 Å². The molecule has 3 nitrogen and oxygen atoms in total. The number of aliphatic hydroxyl groups excluding tert-OH is 3. The van der Waals surface area contributed by atoms with E-state index in [9.17, 15) is 0 Å². The molecule has 144 valence electrons. The van der Waals surface area contributed by atoms with Gasteiger partial charge in [0.15, 0.2) is 0 Å². The van der Waals surface area contributed by atoms with Gasteiger partial charge in [0.1, 0.15) is 0 Å². The van der Waals surface area contributed by atoms with Gasteiger partial charge in [-0.2, -0.15) is 0 Å². The first kappa shape index (κ1) is 22.8. The van der Waals surface area contributed by atoms with Crippen LogP contribution in [0, 0.1) is 0 Å². The van der Waals surface area contributed by atoms with Gasteiger partial charge in [0.2, 0.25) is 0 Å². The molecule has 0 aliphatic carbocycles. The van der Waals surface area contributed by atoms with Gasteiger partial charge in [-0.15, -0.1) is 0 Å². The maximum atomic E-state index is 8.91. The van der Waals surface area contributed by atoms with E-state index in [1.54, 1.807) is 0 Å². The summed E-state index contributed by atoms with van der Waals surface area (Å²) in [4.78, 5) is 0. The second-order valence-electron chi connectivity index (χ2n) is 6.23. The van der Waals surface area contributed by atoms with E-state index < -0.39 is 0 Å². The Balaban J connectivity index is 0.000000260. The zero-order valence-corrected chi connectivity index (χ0v) is 16.9. The van der Waals surface area contributed by atoms with Gasteiger partial charge >= 0.3 is 0 Å². The van der Waals surface area contributed by atoms with Crippen LogP contribution in [-0.4, -0.2) is 40.5 Å². The lowest BCUT2D eigenvalue weighted by Gasteiger charge is -2.14. The number of alkyl halides is 1. The SMILES string of the molecule is OCCC(CCBr)c1ccccc1.OCCC(CCO)c1ccccc1. The van der Waals surface area contributed by atoms with Crippen molar-refractivity contribution in [3.05, 3.63) is 71.8 Å². The summed E-state index contributed by atoms with van der Waals surface area (Å²) in [6.07, 6.45) is 3.40. The lowest BCUT2D eigenvalue weighted by atomic mass is 9.93. The topological polar surface area (TPSA) is 60.7 Å². The van der Waals surface area contributed by atoms with Gasteiger partial charge in [-0.05, 0) is 48.6 Å². The van der Waals surface area contributed by atoms with Crippen LogP contribution in [0.15, 0.2) is 60.7 Å². The monoisotopic (exact) mass is 422 g/mol. The Morgan fingerprint density at radius 3 is 1.23 bits per heavy atom. The Hall–Kier alpha value is -1.20. The average molecular weight is 423 g/mol. The Labute approximate surface area is 165 Å². The predicted molar refractivity (Wildman–Crippen MR) is 112 cm³/mol. The number of hydrogen-bond donors (Lipinski definition) is 3. The first-order valence-corrected chi connectivity index (χ1v) is 10.4. The van der Waals surface area contributed by atoms with Crippen LogP contribution in [0.1, 0.15) is 48.6 Å². The summed E-state index contributed by atoms with van der Waals surface area (Å²) in [5.41, 5.74) is 2.53. The van der Waals surface area contributed by atoms with E-state index in [-0.39, 0.29) is 25.7 Å². The number of halogens is 1. The largest absolute Gasteiger partial charge is 0.396 e. The number of rotatable bonds is 10. The molecule has 4 heteroatoms. The molecule has 0 aromatic heterocycles. The highest BCUT2D eigenvalue weighted by Gasteiger charge is 2.09. The zero-order valence-electron chi connectivity index (χ0n) is 15.3. The third-order valence-electron chi connectivity index (χ3n) is 4.43. The molecule has 0 saturated heterocycles. The molecule has 1 unspecified atom stereocenters. The maximum Gasteiger partial charge on any atom is 0.0436 e. The number of benzene rings is 2. The van der Waals surface area contributed by atoms with Crippen molar-refractivity contribution in [3.63, 3.8) is 0 Å². The summed E-state index contributed by atoms with van der Waals surface area (Å²) in [6.45, 7) is 0.631. The van der Waals surface area contributed by atoms with Gasteiger partial charge in [0.25, 0.3) is 0 Å². The Morgan fingerprint density at radius 2 is 0.923 bits per heavy atom. The van der Waals surface area contributed by atoms with E-state index in [1.807, 2.05) is 48.5 Å². The summed E-state index contributed by atoms with van der Waals surface area (Å²) < 4.78 is 0. The van der Waals surface area contributed by atoms with Gasteiger partial charge in [-0.25, -0.2) is 0 Å². The Kier molecular flexibility index (Phi) is 13.1. The summed E-state index contributed by atoms with van der Waals surface area (Å²) in [5.74, 6) is 0.779. The lowest BCUT2D eigenvalue weighted by molar-refractivity contribution is 0.242. The number of aliphatic hydroxyl groups is 3. The molecule has 2 aromatic rings.